The summed E-state index contributed by atoms with van der Waals surface area (Å²) in [5.41, 5.74) is -0.922. The van der Waals surface area contributed by atoms with Crippen LogP contribution in [0.3, 0.4) is 0 Å². The minimum atomic E-state index is -3.79. The average Bonchev–Trinajstić information content (AvgIpc) is 2.74. The molecular weight excluding hydrogens is 416 g/mol. The Bertz CT molecular complexity index is 875. The van der Waals surface area contributed by atoms with E-state index in [1.807, 2.05) is 0 Å². The summed E-state index contributed by atoms with van der Waals surface area (Å²) in [6, 6.07) is 4.19. The van der Waals surface area contributed by atoms with Crippen molar-refractivity contribution in [2.75, 3.05) is 20.2 Å². The Morgan fingerprint density at radius 3 is 2.31 bits per heavy atom. The van der Waals surface area contributed by atoms with Crippen LogP contribution in [0.1, 0.15) is 61.7 Å². The van der Waals surface area contributed by atoms with Crippen LogP contribution in [0, 0.1) is 0 Å². The molecule has 1 heterocycles. The monoisotopic (exact) mass is 442 g/mol. The molecule has 2 aliphatic rings. The van der Waals surface area contributed by atoms with Gasteiger partial charge in [-0.2, -0.15) is 4.31 Å². The van der Waals surface area contributed by atoms with Gasteiger partial charge in [-0.25, -0.2) is 13.2 Å². The van der Waals surface area contributed by atoms with Crippen molar-refractivity contribution in [2.24, 2.45) is 0 Å². The number of carbonyl (C=O) groups is 2. The van der Waals surface area contributed by atoms with Crippen LogP contribution in [-0.4, -0.2) is 50.3 Å². The van der Waals surface area contributed by atoms with Crippen LogP contribution in [-0.2, 0) is 19.6 Å². The van der Waals surface area contributed by atoms with Crippen molar-refractivity contribution >= 4 is 33.5 Å². The van der Waals surface area contributed by atoms with Gasteiger partial charge in [-0.1, -0.05) is 37.3 Å². The van der Waals surface area contributed by atoms with E-state index in [0.717, 1.165) is 38.5 Å². The maximum atomic E-state index is 13.0. The molecule has 7 nitrogen and oxygen atoms in total. The molecule has 1 aromatic rings. The number of benzene rings is 1. The van der Waals surface area contributed by atoms with Crippen molar-refractivity contribution in [3.63, 3.8) is 0 Å². The lowest BCUT2D eigenvalue weighted by atomic mass is 9.81. The van der Waals surface area contributed by atoms with Gasteiger partial charge in [0.1, 0.15) is 10.4 Å². The molecule has 0 bridgehead atoms. The summed E-state index contributed by atoms with van der Waals surface area (Å²) >= 11 is 6.19. The Hall–Kier alpha value is -1.64. The number of carbonyl (C=O) groups excluding carboxylic acids is 2. The van der Waals surface area contributed by atoms with Crippen LogP contribution >= 0.6 is 11.6 Å². The zero-order valence-corrected chi connectivity index (χ0v) is 18.2. The highest BCUT2D eigenvalue weighted by Gasteiger charge is 2.42. The number of hydrogen-bond acceptors (Lipinski definition) is 5. The standard InChI is InChI=1S/C20H27ClN2O5S/c1-28-19(25)20(10-4-2-5-11-20)22-18(24)15-8-9-16(21)17(14-15)29(26,27)23-12-6-3-7-13-23/h8-9,14H,2-7,10-13H2,1H3,(H,22,24). The highest BCUT2D eigenvalue weighted by atomic mass is 35.5. The summed E-state index contributed by atoms with van der Waals surface area (Å²) in [5, 5.41) is 2.89. The Morgan fingerprint density at radius 1 is 1.07 bits per heavy atom. The first-order valence-corrected chi connectivity index (χ1v) is 11.8. The van der Waals surface area contributed by atoms with Crippen LogP contribution < -0.4 is 5.32 Å². The van der Waals surface area contributed by atoms with E-state index in [4.69, 9.17) is 16.3 Å². The zero-order chi connectivity index (χ0) is 21.1. The van der Waals surface area contributed by atoms with Crippen molar-refractivity contribution in [1.29, 1.82) is 0 Å². The number of hydrogen-bond donors (Lipinski definition) is 1. The molecule has 0 aromatic heterocycles. The molecular formula is C20H27ClN2O5S. The molecule has 0 unspecified atom stereocenters. The second-order valence-electron chi connectivity index (χ2n) is 7.70. The predicted octanol–water partition coefficient (Wildman–Crippen LogP) is 3.12. The third kappa shape index (κ3) is 4.59. The number of nitrogens with zero attached hydrogens (tertiary/aromatic N) is 1. The van der Waals surface area contributed by atoms with Crippen molar-refractivity contribution < 1.29 is 22.7 Å². The fourth-order valence-corrected chi connectivity index (χ4v) is 6.12. The van der Waals surface area contributed by atoms with E-state index in [1.54, 1.807) is 0 Å². The van der Waals surface area contributed by atoms with Crippen molar-refractivity contribution in [2.45, 2.75) is 61.8 Å². The quantitative estimate of drug-likeness (QED) is 0.707. The van der Waals surface area contributed by atoms with E-state index < -0.39 is 27.4 Å². The van der Waals surface area contributed by atoms with Gasteiger partial charge in [0, 0.05) is 18.7 Å². The lowest BCUT2D eigenvalue weighted by Gasteiger charge is -2.35. The number of piperidine rings is 1. The molecule has 1 aliphatic carbocycles. The molecule has 0 radical (unpaired) electrons. The molecule has 1 saturated heterocycles. The highest BCUT2D eigenvalue weighted by molar-refractivity contribution is 7.89. The van der Waals surface area contributed by atoms with Gasteiger partial charge in [0.05, 0.1) is 12.1 Å². The number of amides is 1. The molecule has 1 aromatic carbocycles. The Morgan fingerprint density at radius 2 is 1.69 bits per heavy atom. The predicted molar refractivity (Wildman–Crippen MR) is 109 cm³/mol. The summed E-state index contributed by atoms with van der Waals surface area (Å²) in [6.07, 6.45) is 6.22. The van der Waals surface area contributed by atoms with E-state index in [1.165, 1.54) is 29.6 Å². The number of halogens is 1. The first kappa shape index (κ1) is 22.1. The topological polar surface area (TPSA) is 92.8 Å². The number of rotatable bonds is 5. The third-order valence-electron chi connectivity index (χ3n) is 5.76. The first-order chi connectivity index (χ1) is 13.8. The largest absolute Gasteiger partial charge is 0.467 e. The summed E-state index contributed by atoms with van der Waals surface area (Å²) in [7, 11) is -2.49. The van der Waals surface area contributed by atoms with Gasteiger partial charge < -0.3 is 10.1 Å². The Labute approximate surface area is 176 Å². The van der Waals surface area contributed by atoms with Gasteiger partial charge in [-0.15, -0.1) is 0 Å². The van der Waals surface area contributed by atoms with E-state index in [-0.39, 0.29) is 15.5 Å². The molecule has 29 heavy (non-hydrogen) atoms. The molecule has 0 spiro atoms. The second-order valence-corrected chi connectivity index (χ2v) is 10.0. The van der Waals surface area contributed by atoms with Gasteiger partial charge in [-0.05, 0) is 43.9 Å². The second kappa shape index (κ2) is 9.02. The van der Waals surface area contributed by atoms with Gasteiger partial charge in [0.2, 0.25) is 10.0 Å². The van der Waals surface area contributed by atoms with E-state index >= 15 is 0 Å². The Kier molecular flexibility index (Phi) is 6.86. The minimum Gasteiger partial charge on any atom is -0.467 e. The molecule has 160 valence electrons. The molecule has 1 saturated carbocycles. The molecule has 2 fully saturated rings. The summed E-state index contributed by atoms with van der Waals surface area (Å²) in [5.74, 6) is -0.982. The smallest absolute Gasteiger partial charge is 0.331 e. The van der Waals surface area contributed by atoms with E-state index in [0.29, 0.717) is 25.9 Å². The van der Waals surface area contributed by atoms with Gasteiger partial charge in [0.15, 0.2) is 0 Å². The van der Waals surface area contributed by atoms with E-state index in [2.05, 4.69) is 5.32 Å². The van der Waals surface area contributed by atoms with Gasteiger partial charge >= 0.3 is 5.97 Å². The highest BCUT2D eigenvalue weighted by Crippen LogP contribution is 2.31. The molecule has 3 rings (SSSR count). The molecule has 1 amide bonds. The number of sulfonamides is 1. The van der Waals surface area contributed by atoms with Gasteiger partial charge in [-0.3, -0.25) is 4.79 Å². The lowest BCUT2D eigenvalue weighted by Crippen LogP contribution is -2.56. The molecule has 9 heteroatoms. The lowest BCUT2D eigenvalue weighted by molar-refractivity contribution is -0.149. The summed E-state index contributed by atoms with van der Waals surface area (Å²) < 4.78 is 32.4. The van der Waals surface area contributed by atoms with Crippen molar-refractivity contribution in [3.8, 4) is 0 Å². The van der Waals surface area contributed by atoms with Crippen LogP contribution in [0.2, 0.25) is 5.02 Å². The Balaban J connectivity index is 1.88. The summed E-state index contributed by atoms with van der Waals surface area (Å²) in [6.45, 7) is 0.890. The molecule has 1 aliphatic heterocycles. The van der Waals surface area contributed by atoms with Crippen LogP contribution in [0.5, 0.6) is 0 Å². The van der Waals surface area contributed by atoms with E-state index in [9.17, 15) is 18.0 Å². The fourth-order valence-electron chi connectivity index (χ4n) is 4.11. The average molecular weight is 443 g/mol. The van der Waals surface area contributed by atoms with Crippen LogP contribution in [0.25, 0.3) is 0 Å². The maximum Gasteiger partial charge on any atom is 0.331 e. The zero-order valence-electron chi connectivity index (χ0n) is 16.6. The fraction of sp³-hybridized carbons (Fsp3) is 0.600. The number of esters is 1. The minimum absolute atomic E-state index is 0.0764. The van der Waals surface area contributed by atoms with Crippen LogP contribution in [0.15, 0.2) is 23.1 Å². The number of nitrogens with one attached hydrogen (secondary N) is 1. The van der Waals surface area contributed by atoms with Crippen molar-refractivity contribution in [1.82, 2.24) is 9.62 Å². The summed E-state index contributed by atoms with van der Waals surface area (Å²) in [4.78, 5) is 25.2. The SMILES string of the molecule is COC(=O)C1(NC(=O)c2ccc(Cl)c(S(=O)(=O)N3CCCCC3)c2)CCCCC1. The normalized spacial score (nSPS) is 20.1. The first-order valence-electron chi connectivity index (χ1n) is 10.0. The number of ether oxygens (including phenoxy) is 1. The maximum absolute atomic E-state index is 13.0. The molecule has 1 N–H and O–H groups in total. The third-order valence-corrected chi connectivity index (χ3v) is 8.14. The van der Waals surface area contributed by atoms with Gasteiger partial charge in [0.25, 0.3) is 5.91 Å². The number of methoxy groups -OCH3 is 1. The molecule has 0 atom stereocenters. The van der Waals surface area contributed by atoms with Crippen LogP contribution in [0.4, 0.5) is 0 Å². The van der Waals surface area contributed by atoms with Crippen molar-refractivity contribution in [3.05, 3.63) is 28.8 Å².